The third kappa shape index (κ3) is 5.39. The molecule has 246 valence electrons. The highest BCUT2D eigenvalue weighted by molar-refractivity contribution is 6.00. The summed E-state index contributed by atoms with van der Waals surface area (Å²) in [6.07, 6.45) is 0.418. The van der Waals surface area contributed by atoms with Gasteiger partial charge in [-0.25, -0.2) is 4.98 Å². The molecule has 4 N–H and O–H groups in total. The number of nitrogens with zero attached hydrogens (tertiary/aromatic N) is 3. The quantitative estimate of drug-likeness (QED) is 0.230. The number of benzene rings is 2. The molecule has 11 nitrogen and oxygen atoms in total. The smallest absolute Gasteiger partial charge is 0.424 e. The lowest BCUT2D eigenvalue weighted by Crippen LogP contribution is -2.51. The van der Waals surface area contributed by atoms with Gasteiger partial charge < -0.3 is 30.4 Å². The number of carbonyl (C=O) groups excluding carboxylic acids is 2. The maximum Gasteiger partial charge on any atom is 0.424 e. The number of rotatable bonds is 10. The molecule has 2 amide bonds. The van der Waals surface area contributed by atoms with Gasteiger partial charge >= 0.3 is 6.18 Å². The molecule has 2 aliphatic carbocycles. The van der Waals surface area contributed by atoms with E-state index in [1.165, 1.54) is 26.2 Å². The van der Waals surface area contributed by atoms with E-state index in [2.05, 4.69) is 15.4 Å². The molecule has 4 aromatic rings. The molecule has 3 aliphatic rings. The van der Waals surface area contributed by atoms with Crippen molar-refractivity contribution in [1.82, 2.24) is 20.1 Å². The van der Waals surface area contributed by atoms with Crippen molar-refractivity contribution in [1.29, 1.82) is 0 Å². The first-order valence-corrected chi connectivity index (χ1v) is 15.2. The molecule has 3 heterocycles. The lowest BCUT2D eigenvalue weighted by atomic mass is 9.81. The third-order valence-electron chi connectivity index (χ3n) is 8.96. The number of primary amides is 1. The van der Waals surface area contributed by atoms with Crippen molar-refractivity contribution in [2.45, 2.75) is 61.9 Å². The zero-order valence-electron chi connectivity index (χ0n) is 25.6. The summed E-state index contributed by atoms with van der Waals surface area (Å²) in [4.78, 5) is 30.1. The Balaban J connectivity index is 1.25. The number of amides is 2. The molecule has 0 saturated heterocycles. The van der Waals surface area contributed by atoms with E-state index in [0.29, 0.717) is 22.2 Å². The Bertz CT molecular complexity index is 1900. The molecular formula is C33H32F3N5O6. The number of ether oxygens (including phenoxy) is 3. The largest absolute Gasteiger partial charge is 0.494 e. The second kappa shape index (κ2) is 10.9. The molecule has 0 radical (unpaired) electrons. The molecule has 0 spiro atoms. The first-order valence-electron chi connectivity index (χ1n) is 15.2. The number of aromatic nitrogens is 3. The Kier molecular flexibility index (Phi) is 7.11. The minimum Gasteiger partial charge on any atom is -0.494 e. The van der Waals surface area contributed by atoms with E-state index >= 15 is 0 Å². The Labute approximate surface area is 266 Å². The Morgan fingerprint density at radius 3 is 2.49 bits per heavy atom. The van der Waals surface area contributed by atoms with E-state index in [-0.39, 0.29) is 47.1 Å². The van der Waals surface area contributed by atoms with E-state index in [1.807, 2.05) is 0 Å². The third-order valence-corrected chi connectivity index (χ3v) is 8.96. The average molecular weight is 652 g/mol. The van der Waals surface area contributed by atoms with Gasteiger partial charge in [-0.15, -0.1) is 0 Å². The Hall–Kier alpha value is -4.85. The van der Waals surface area contributed by atoms with Crippen LogP contribution in [0, 0.1) is 0 Å². The van der Waals surface area contributed by atoms with Gasteiger partial charge in [0.05, 0.1) is 31.5 Å². The van der Waals surface area contributed by atoms with Gasteiger partial charge in [0.15, 0.2) is 0 Å². The predicted molar refractivity (Wildman–Crippen MR) is 162 cm³/mol. The van der Waals surface area contributed by atoms with E-state index in [0.717, 1.165) is 31.7 Å². The van der Waals surface area contributed by atoms with Crippen LogP contribution in [-0.2, 0) is 15.8 Å². The average Bonchev–Trinajstić information content (AvgIpc) is 3.98. The summed E-state index contributed by atoms with van der Waals surface area (Å²) in [7, 11) is 1.41. The first kappa shape index (κ1) is 30.8. The number of carbonyl (C=O) groups is 2. The summed E-state index contributed by atoms with van der Waals surface area (Å²) in [6.45, 7) is -0.0727. The highest BCUT2D eigenvalue weighted by Crippen LogP contribution is 2.48. The number of nitrogens with one attached hydrogen (secondary N) is 1. The molecular weight excluding hydrogens is 619 g/mol. The van der Waals surface area contributed by atoms with Crippen molar-refractivity contribution in [3.8, 4) is 28.5 Å². The van der Waals surface area contributed by atoms with Crippen molar-refractivity contribution in [2.75, 3.05) is 20.3 Å². The number of pyridine rings is 1. The number of fused-ring (bicyclic) bond motifs is 2. The van der Waals surface area contributed by atoms with E-state index in [4.69, 9.17) is 19.9 Å². The fourth-order valence-electron chi connectivity index (χ4n) is 5.65. The van der Waals surface area contributed by atoms with Crippen molar-refractivity contribution in [3.63, 3.8) is 0 Å². The van der Waals surface area contributed by atoms with E-state index in [1.54, 1.807) is 35.1 Å². The van der Waals surface area contributed by atoms with Gasteiger partial charge in [0, 0.05) is 28.3 Å². The molecule has 14 heteroatoms. The van der Waals surface area contributed by atoms with Gasteiger partial charge in [0.25, 0.3) is 5.91 Å². The van der Waals surface area contributed by atoms with Crippen LogP contribution in [0.15, 0.2) is 48.7 Å². The molecule has 1 aliphatic heterocycles. The summed E-state index contributed by atoms with van der Waals surface area (Å²) < 4.78 is 63.4. The molecule has 0 bridgehead atoms. The number of halogens is 3. The number of aliphatic hydroxyl groups is 1. The molecule has 2 atom stereocenters. The van der Waals surface area contributed by atoms with Crippen LogP contribution in [0.4, 0.5) is 13.2 Å². The minimum absolute atomic E-state index is 0.0139. The number of nitrogens with two attached hydrogens (primary N) is 1. The topological polar surface area (TPSA) is 151 Å². The van der Waals surface area contributed by atoms with Crippen molar-refractivity contribution >= 4 is 22.7 Å². The summed E-state index contributed by atoms with van der Waals surface area (Å²) in [6, 6.07) is 10.6. The van der Waals surface area contributed by atoms with Gasteiger partial charge in [-0.1, -0.05) is 0 Å². The van der Waals surface area contributed by atoms with Crippen LogP contribution in [-0.4, -0.2) is 64.2 Å². The van der Waals surface area contributed by atoms with Gasteiger partial charge in [0.1, 0.15) is 40.5 Å². The lowest BCUT2D eigenvalue weighted by Gasteiger charge is -2.31. The summed E-state index contributed by atoms with van der Waals surface area (Å²) in [5, 5.41) is 18.7. The van der Waals surface area contributed by atoms with Crippen LogP contribution >= 0.6 is 0 Å². The number of hydrogen-bond donors (Lipinski definition) is 3. The highest BCUT2D eigenvalue weighted by atomic mass is 19.4. The maximum absolute atomic E-state index is 14.9. The minimum atomic E-state index is -5.31. The molecule has 47 heavy (non-hydrogen) atoms. The lowest BCUT2D eigenvalue weighted by molar-refractivity contribution is -0.265. The van der Waals surface area contributed by atoms with Crippen LogP contribution < -0.4 is 25.3 Å². The van der Waals surface area contributed by atoms with Crippen LogP contribution in [0.25, 0.3) is 22.2 Å². The molecule has 2 aromatic carbocycles. The summed E-state index contributed by atoms with van der Waals surface area (Å²) in [5.74, 6) is -0.777. The van der Waals surface area contributed by atoms with Gasteiger partial charge in [-0.3, -0.25) is 14.3 Å². The summed E-state index contributed by atoms with van der Waals surface area (Å²) in [5.41, 5.74) is 0.569. The molecule has 7 rings (SSSR count). The van der Waals surface area contributed by atoms with Crippen LogP contribution in [0.3, 0.4) is 0 Å². The fourth-order valence-corrected chi connectivity index (χ4v) is 5.65. The number of methoxy groups -OCH3 is 1. The second-order valence-electron chi connectivity index (χ2n) is 12.6. The van der Waals surface area contributed by atoms with Crippen LogP contribution in [0.1, 0.15) is 60.3 Å². The molecule has 2 fully saturated rings. The first-order chi connectivity index (χ1) is 22.3. The zero-order chi connectivity index (χ0) is 33.3. The molecule has 2 saturated carbocycles. The standard InChI is InChI=1S/C33H32F3N5O6/c1-31(30(37)43)16-46-28-23(31)13-25(39-27(28)17-3-7-21(8-4-17)47-22-9-10-22)32(44,33(34,35)36)15-38-29(42)18-11-19-14-41(20-5-6-20)40-26(19)24(12-18)45-2/h3-4,7-8,11-14,20,22,44H,5-6,9-10,15-16H2,1-2H3,(H2,37,43)(H,38,42)/t31-,32?/m0/s1. The van der Waals surface area contributed by atoms with E-state index in [9.17, 15) is 27.9 Å². The van der Waals surface area contributed by atoms with E-state index < -0.39 is 41.2 Å². The van der Waals surface area contributed by atoms with Crippen LogP contribution in [0.5, 0.6) is 17.2 Å². The van der Waals surface area contributed by atoms with Crippen molar-refractivity contribution < 1.29 is 42.1 Å². The maximum atomic E-state index is 14.9. The summed E-state index contributed by atoms with van der Waals surface area (Å²) >= 11 is 0. The highest BCUT2D eigenvalue weighted by Gasteiger charge is 2.57. The van der Waals surface area contributed by atoms with Crippen LogP contribution in [0.2, 0.25) is 0 Å². The molecule has 1 unspecified atom stereocenters. The Morgan fingerprint density at radius 1 is 1.15 bits per heavy atom. The van der Waals surface area contributed by atoms with Gasteiger partial charge in [-0.2, -0.15) is 18.3 Å². The second-order valence-corrected chi connectivity index (χ2v) is 12.6. The van der Waals surface area contributed by atoms with Gasteiger partial charge in [-0.05, 0) is 75.1 Å². The monoisotopic (exact) mass is 651 g/mol. The van der Waals surface area contributed by atoms with Crippen molar-refractivity contribution in [2.24, 2.45) is 5.73 Å². The number of hydrogen-bond acceptors (Lipinski definition) is 8. The van der Waals surface area contributed by atoms with Crippen molar-refractivity contribution in [3.05, 3.63) is 65.5 Å². The predicted octanol–water partition coefficient (Wildman–Crippen LogP) is 4.30. The van der Waals surface area contributed by atoms with Gasteiger partial charge in [0.2, 0.25) is 11.5 Å². The zero-order valence-corrected chi connectivity index (χ0v) is 25.6. The molecule has 2 aromatic heterocycles. The Morgan fingerprint density at radius 2 is 1.87 bits per heavy atom. The number of alkyl halides is 3. The SMILES string of the molecule is COc1cc(C(=O)NCC(O)(c2cc3c(c(-c4ccc(OC5CC5)cc4)n2)OC[C@]3(C)C(N)=O)C(F)(F)F)cc2cn(C3CC3)nc12. The fraction of sp³-hybridized carbons (Fsp3) is 0.394. The normalized spacial score (nSPS) is 20.3.